The van der Waals surface area contributed by atoms with Crippen molar-refractivity contribution in [1.29, 1.82) is 0 Å². The third-order valence-corrected chi connectivity index (χ3v) is 3.35. The minimum absolute atomic E-state index is 0.00881. The highest BCUT2D eigenvalue weighted by Gasteiger charge is 2.14. The van der Waals surface area contributed by atoms with Crippen molar-refractivity contribution >= 4 is 0 Å². The van der Waals surface area contributed by atoms with E-state index in [0.717, 1.165) is 5.56 Å². The van der Waals surface area contributed by atoms with Gasteiger partial charge in [-0.25, -0.2) is 0 Å². The monoisotopic (exact) mass is 283 g/mol. The zero-order valence-electron chi connectivity index (χ0n) is 12.6. The molecule has 114 valence electrons. The molecule has 0 fully saturated rings. The molecule has 5 nitrogen and oxygen atoms in total. The van der Waals surface area contributed by atoms with Gasteiger partial charge in [0.15, 0.2) is 11.5 Å². The van der Waals surface area contributed by atoms with Crippen LogP contribution >= 0.6 is 0 Å². The molecule has 0 aliphatic rings. The van der Waals surface area contributed by atoms with Crippen LogP contribution in [0.1, 0.15) is 25.8 Å². The number of hydrogen-bond acceptors (Lipinski definition) is 5. The molecule has 1 atom stereocenters. The number of nitrogens with one attached hydrogen (secondary N) is 1. The first-order chi connectivity index (χ1) is 9.53. The van der Waals surface area contributed by atoms with Crippen molar-refractivity contribution in [3.8, 4) is 17.2 Å². The molecule has 20 heavy (non-hydrogen) atoms. The summed E-state index contributed by atoms with van der Waals surface area (Å²) in [6.07, 6.45) is 0.712. The van der Waals surface area contributed by atoms with E-state index < -0.39 is 0 Å². The summed E-state index contributed by atoms with van der Waals surface area (Å²) >= 11 is 0. The SMILES string of the molecule is COc1cc(CNC(CCO)C(C)C)cc(OC)c1O. The largest absolute Gasteiger partial charge is 0.502 e. The van der Waals surface area contributed by atoms with Crippen LogP contribution in [0.4, 0.5) is 0 Å². The van der Waals surface area contributed by atoms with Crippen molar-refractivity contribution in [3.63, 3.8) is 0 Å². The average molecular weight is 283 g/mol. The van der Waals surface area contributed by atoms with Crippen molar-refractivity contribution in [2.45, 2.75) is 32.9 Å². The van der Waals surface area contributed by atoms with Crippen molar-refractivity contribution in [1.82, 2.24) is 5.32 Å². The zero-order valence-corrected chi connectivity index (χ0v) is 12.6. The molecule has 0 amide bonds. The van der Waals surface area contributed by atoms with E-state index in [2.05, 4.69) is 19.2 Å². The van der Waals surface area contributed by atoms with Crippen LogP contribution in [0.5, 0.6) is 17.2 Å². The number of methoxy groups -OCH3 is 2. The van der Waals surface area contributed by atoms with Gasteiger partial charge >= 0.3 is 0 Å². The third-order valence-electron chi connectivity index (χ3n) is 3.35. The fourth-order valence-electron chi connectivity index (χ4n) is 2.11. The Bertz CT molecular complexity index is 395. The Morgan fingerprint density at radius 2 is 1.70 bits per heavy atom. The van der Waals surface area contributed by atoms with Crippen molar-refractivity contribution in [2.24, 2.45) is 5.92 Å². The van der Waals surface area contributed by atoms with Gasteiger partial charge in [-0.1, -0.05) is 13.8 Å². The number of rotatable bonds is 8. The van der Waals surface area contributed by atoms with E-state index in [-0.39, 0.29) is 18.4 Å². The standard InChI is InChI=1S/C15H25NO4/c1-10(2)12(5-6-17)16-9-11-7-13(19-3)15(18)14(8-11)20-4/h7-8,10,12,16-18H,5-6,9H2,1-4H3. The lowest BCUT2D eigenvalue weighted by Gasteiger charge is -2.22. The Balaban J connectivity index is 2.81. The van der Waals surface area contributed by atoms with Crippen LogP contribution < -0.4 is 14.8 Å². The number of aliphatic hydroxyl groups excluding tert-OH is 1. The number of aromatic hydroxyl groups is 1. The minimum Gasteiger partial charge on any atom is -0.502 e. The molecular formula is C15H25NO4. The second kappa shape index (κ2) is 7.97. The quantitative estimate of drug-likeness (QED) is 0.680. The molecular weight excluding hydrogens is 258 g/mol. The maximum atomic E-state index is 9.86. The van der Waals surface area contributed by atoms with Gasteiger partial charge in [0.05, 0.1) is 14.2 Å². The first kappa shape index (κ1) is 16.6. The zero-order chi connectivity index (χ0) is 15.1. The molecule has 0 saturated heterocycles. The number of hydrogen-bond donors (Lipinski definition) is 3. The van der Waals surface area contributed by atoms with Gasteiger partial charge in [0.1, 0.15) is 0 Å². The van der Waals surface area contributed by atoms with Crippen LogP contribution in [-0.4, -0.2) is 37.1 Å². The molecule has 1 aromatic rings. The van der Waals surface area contributed by atoms with Crippen LogP contribution in [-0.2, 0) is 6.54 Å². The van der Waals surface area contributed by atoms with Crippen LogP contribution in [0.2, 0.25) is 0 Å². The second-order valence-corrected chi connectivity index (χ2v) is 5.09. The molecule has 1 aromatic carbocycles. The lowest BCUT2D eigenvalue weighted by atomic mass is 10.0. The molecule has 0 radical (unpaired) electrons. The van der Waals surface area contributed by atoms with E-state index in [0.29, 0.717) is 30.4 Å². The van der Waals surface area contributed by atoms with Gasteiger partial charge in [-0.05, 0) is 30.0 Å². The second-order valence-electron chi connectivity index (χ2n) is 5.09. The summed E-state index contributed by atoms with van der Waals surface area (Å²) in [6, 6.07) is 3.80. The van der Waals surface area contributed by atoms with E-state index in [1.807, 2.05) is 0 Å². The molecule has 0 saturated carbocycles. The van der Waals surface area contributed by atoms with E-state index in [1.54, 1.807) is 12.1 Å². The highest BCUT2D eigenvalue weighted by molar-refractivity contribution is 5.52. The Kier molecular flexibility index (Phi) is 6.61. The first-order valence-electron chi connectivity index (χ1n) is 6.81. The summed E-state index contributed by atoms with van der Waals surface area (Å²) < 4.78 is 10.3. The average Bonchev–Trinajstić information content (AvgIpc) is 2.44. The van der Waals surface area contributed by atoms with Gasteiger partial charge in [-0.15, -0.1) is 0 Å². The van der Waals surface area contributed by atoms with E-state index in [1.165, 1.54) is 14.2 Å². The minimum atomic E-state index is 0.00881. The predicted octanol–water partition coefficient (Wildman–Crippen LogP) is 1.91. The molecule has 1 unspecified atom stereocenters. The first-order valence-corrected chi connectivity index (χ1v) is 6.81. The molecule has 0 bridgehead atoms. The normalized spacial score (nSPS) is 12.5. The number of phenolic OH excluding ortho intramolecular Hbond substituents is 1. The molecule has 3 N–H and O–H groups in total. The third kappa shape index (κ3) is 4.28. The van der Waals surface area contributed by atoms with Crippen molar-refractivity contribution in [2.75, 3.05) is 20.8 Å². The number of benzene rings is 1. The molecule has 5 heteroatoms. The molecule has 0 heterocycles. The van der Waals surface area contributed by atoms with Crippen molar-refractivity contribution in [3.05, 3.63) is 17.7 Å². The Morgan fingerprint density at radius 1 is 1.15 bits per heavy atom. The summed E-state index contributed by atoms with van der Waals surface area (Å²) in [5.41, 5.74) is 0.958. The Hall–Kier alpha value is -1.46. The van der Waals surface area contributed by atoms with Gasteiger partial charge in [-0.3, -0.25) is 0 Å². The molecule has 1 rings (SSSR count). The van der Waals surface area contributed by atoms with Crippen LogP contribution in [0.15, 0.2) is 12.1 Å². The fourth-order valence-corrected chi connectivity index (χ4v) is 2.11. The van der Waals surface area contributed by atoms with E-state index >= 15 is 0 Å². The Morgan fingerprint density at radius 3 is 2.10 bits per heavy atom. The maximum Gasteiger partial charge on any atom is 0.200 e. The highest BCUT2D eigenvalue weighted by atomic mass is 16.5. The number of phenols is 1. The number of aliphatic hydroxyl groups is 1. The number of ether oxygens (including phenoxy) is 2. The molecule has 0 aliphatic carbocycles. The highest BCUT2D eigenvalue weighted by Crippen LogP contribution is 2.37. The summed E-state index contributed by atoms with van der Waals surface area (Å²) in [4.78, 5) is 0. The van der Waals surface area contributed by atoms with Gasteiger partial charge in [-0.2, -0.15) is 0 Å². The van der Waals surface area contributed by atoms with Gasteiger partial charge in [0.25, 0.3) is 0 Å². The molecule has 0 aliphatic heterocycles. The maximum absolute atomic E-state index is 9.86. The molecule has 0 aromatic heterocycles. The van der Waals surface area contributed by atoms with Gasteiger partial charge in [0, 0.05) is 19.2 Å². The van der Waals surface area contributed by atoms with Gasteiger partial charge < -0.3 is 25.0 Å². The van der Waals surface area contributed by atoms with Gasteiger partial charge in [0.2, 0.25) is 5.75 Å². The predicted molar refractivity (Wildman–Crippen MR) is 78.4 cm³/mol. The lowest BCUT2D eigenvalue weighted by molar-refractivity contribution is 0.243. The topological polar surface area (TPSA) is 71.0 Å². The lowest BCUT2D eigenvalue weighted by Crippen LogP contribution is -2.34. The van der Waals surface area contributed by atoms with Crippen LogP contribution in [0.25, 0.3) is 0 Å². The summed E-state index contributed by atoms with van der Waals surface area (Å²) in [5, 5.41) is 22.3. The van der Waals surface area contributed by atoms with Crippen molar-refractivity contribution < 1.29 is 19.7 Å². The summed E-state index contributed by atoms with van der Waals surface area (Å²) in [6.45, 7) is 5.02. The fraction of sp³-hybridized carbons (Fsp3) is 0.600. The summed E-state index contributed by atoms with van der Waals surface area (Å²) in [7, 11) is 3.02. The summed E-state index contributed by atoms with van der Waals surface area (Å²) in [5.74, 6) is 1.23. The van der Waals surface area contributed by atoms with E-state index in [9.17, 15) is 5.11 Å². The van der Waals surface area contributed by atoms with Crippen LogP contribution in [0.3, 0.4) is 0 Å². The Labute approximate surface area is 120 Å². The molecule has 0 spiro atoms. The smallest absolute Gasteiger partial charge is 0.200 e. The van der Waals surface area contributed by atoms with Crippen LogP contribution in [0, 0.1) is 5.92 Å². The van der Waals surface area contributed by atoms with E-state index in [4.69, 9.17) is 14.6 Å².